The number of hydrogen-bond acceptors (Lipinski definition) is 5. The minimum Gasteiger partial charge on any atom is -0.378 e. The lowest BCUT2D eigenvalue weighted by Gasteiger charge is -2.38. The second-order valence-corrected chi connectivity index (χ2v) is 11.2. The second-order valence-electron chi connectivity index (χ2n) is 10.8. The maximum atomic E-state index is 12.9. The first-order valence-electron chi connectivity index (χ1n) is 13.9. The first-order valence-corrected chi connectivity index (χ1v) is 14.3. The quantitative estimate of drug-likeness (QED) is 0.577. The van der Waals surface area contributed by atoms with Gasteiger partial charge in [-0.05, 0) is 69.2 Å². The normalized spacial score (nSPS) is 22.1. The summed E-state index contributed by atoms with van der Waals surface area (Å²) in [7, 11) is 0. The standard InChI is InChI=1S/C30H38ClN3O4/c1-21-6-5-15-34(21)29(36)26-10-9-23(20-27(26)31)32-16-11-24(12-17-32)38-25-13-18-33(19-14-25)30(37)28(35)22-7-3-2-4-8-22/h2-4,7-10,20-21,24-25,28,35H,5-6,11-19H2,1H3/t21-,28-/m1/s1. The summed E-state index contributed by atoms with van der Waals surface area (Å²) in [4.78, 5) is 31.6. The molecule has 3 fully saturated rings. The van der Waals surface area contributed by atoms with Crippen molar-refractivity contribution in [1.82, 2.24) is 9.80 Å². The molecule has 0 aliphatic carbocycles. The zero-order chi connectivity index (χ0) is 26.6. The van der Waals surface area contributed by atoms with Crippen molar-refractivity contribution in [3.05, 3.63) is 64.7 Å². The number of benzene rings is 2. The molecule has 7 nitrogen and oxygen atoms in total. The van der Waals surface area contributed by atoms with E-state index in [1.165, 1.54) is 0 Å². The molecule has 0 unspecified atom stereocenters. The Balaban J connectivity index is 1.07. The van der Waals surface area contributed by atoms with Crippen LogP contribution in [-0.4, -0.2) is 77.7 Å². The number of aliphatic hydroxyl groups excluding tert-OH is 1. The molecule has 2 atom stereocenters. The molecule has 2 aromatic rings. The van der Waals surface area contributed by atoms with Gasteiger partial charge in [0.2, 0.25) is 0 Å². The number of hydrogen-bond donors (Lipinski definition) is 1. The van der Waals surface area contributed by atoms with E-state index < -0.39 is 6.10 Å². The lowest BCUT2D eigenvalue weighted by molar-refractivity contribution is -0.144. The average molecular weight is 540 g/mol. The molecule has 3 heterocycles. The molecule has 2 amide bonds. The van der Waals surface area contributed by atoms with E-state index in [4.69, 9.17) is 16.3 Å². The zero-order valence-electron chi connectivity index (χ0n) is 22.1. The van der Waals surface area contributed by atoms with E-state index in [1.807, 2.05) is 41.3 Å². The fourth-order valence-corrected chi connectivity index (χ4v) is 6.20. The summed E-state index contributed by atoms with van der Waals surface area (Å²) < 4.78 is 6.43. The summed E-state index contributed by atoms with van der Waals surface area (Å²) in [6.07, 6.45) is 4.75. The summed E-state index contributed by atoms with van der Waals surface area (Å²) in [6, 6.07) is 15.2. The van der Waals surface area contributed by atoms with E-state index >= 15 is 0 Å². The molecule has 2 aromatic carbocycles. The van der Waals surface area contributed by atoms with Gasteiger partial charge in [-0.2, -0.15) is 0 Å². The van der Waals surface area contributed by atoms with Crippen LogP contribution in [0.5, 0.6) is 0 Å². The molecule has 0 saturated carbocycles. The molecule has 204 valence electrons. The Bertz CT molecular complexity index is 1110. The first kappa shape index (κ1) is 27.0. The van der Waals surface area contributed by atoms with Crippen LogP contribution in [0.15, 0.2) is 48.5 Å². The fourth-order valence-electron chi connectivity index (χ4n) is 5.95. The number of rotatable bonds is 6. The highest BCUT2D eigenvalue weighted by Crippen LogP contribution is 2.30. The number of piperidine rings is 2. The number of carbonyl (C=O) groups is 2. The molecule has 8 heteroatoms. The molecule has 0 aromatic heterocycles. The molecule has 1 N–H and O–H groups in total. The maximum Gasteiger partial charge on any atom is 0.256 e. The lowest BCUT2D eigenvalue weighted by Crippen LogP contribution is -2.45. The Morgan fingerprint density at radius 1 is 0.921 bits per heavy atom. The van der Waals surface area contributed by atoms with E-state index in [-0.39, 0.29) is 30.1 Å². The predicted octanol–water partition coefficient (Wildman–Crippen LogP) is 4.67. The SMILES string of the molecule is C[C@@H]1CCCN1C(=O)c1ccc(N2CCC(OC3CCN(C(=O)[C@H](O)c4ccccc4)CC3)CC2)cc1Cl. The minimum absolute atomic E-state index is 0.0287. The topological polar surface area (TPSA) is 73.3 Å². The number of amides is 2. The van der Waals surface area contributed by atoms with Crippen molar-refractivity contribution in [3.63, 3.8) is 0 Å². The number of aliphatic hydroxyl groups is 1. The highest BCUT2D eigenvalue weighted by molar-refractivity contribution is 6.34. The van der Waals surface area contributed by atoms with E-state index in [9.17, 15) is 14.7 Å². The first-order chi connectivity index (χ1) is 18.4. The van der Waals surface area contributed by atoms with Crippen LogP contribution in [0, 0.1) is 0 Å². The molecule has 0 radical (unpaired) electrons. The van der Waals surface area contributed by atoms with Crippen LogP contribution in [0.1, 0.15) is 67.5 Å². The summed E-state index contributed by atoms with van der Waals surface area (Å²) in [5.74, 6) is -0.203. The number of nitrogens with zero attached hydrogens (tertiary/aromatic N) is 3. The van der Waals surface area contributed by atoms with Gasteiger partial charge in [0.1, 0.15) is 0 Å². The van der Waals surface area contributed by atoms with Crippen molar-refractivity contribution < 1.29 is 19.4 Å². The monoisotopic (exact) mass is 539 g/mol. The Morgan fingerprint density at radius 3 is 2.18 bits per heavy atom. The van der Waals surface area contributed by atoms with Crippen molar-refractivity contribution in [1.29, 1.82) is 0 Å². The van der Waals surface area contributed by atoms with E-state index in [0.717, 1.165) is 63.8 Å². The Labute approximate surface area is 230 Å². The maximum absolute atomic E-state index is 12.9. The summed E-state index contributed by atoms with van der Waals surface area (Å²) in [5, 5.41) is 11.0. The molecular formula is C30H38ClN3O4. The summed E-state index contributed by atoms with van der Waals surface area (Å²) in [6.45, 7) is 5.85. The molecule has 0 bridgehead atoms. The third-order valence-corrected chi connectivity index (χ3v) is 8.60. The minimum atomic E-state index is -1.11. The van der Waals surface area contributed by atoms with Crippen LogP contribution in [0.2, 0.25) is 5.02 Å². The molecule has 3 saturated heterocycles. The van der Waals surface area contributed by atoms with Crippen molar-refractivity contribution in [2.24, 2.45) is 0 Å². The van der Waals surface area contributed by atoms with Gasteiger partial charge in [0.15, 0.2) is 6.10 Å². The highest BCUT2D eigenvalue weighted by Gasteiger charge is 2.31. The lowest BCUT2D eigenvalue weighted by atomic mass is 10.0. The average Bonchev–Trinajstić information content (AvgIpc) is 3.39. The molecular weight excluding hydrogens is 502 g/mol. The van der Waals surface area contributed by atoms with Gasteiger partial charge in [-0.3, -0.25) is 9.59 Å². The predicted molar refractivity (Wildman–Crippen MR) is 149 cm³/mol. The largest absolute Gasteiger partial charge is 0.378 e. The van der Waals surface area contributed by atoms with Crippen LogP contribution < -0.4 is 4.90 Å². The Kier molecular flexibility index (Phi) is 8.56. The molecule has 38 heavy (non-hydrogen) atoms. The van der Waals surface area contributed by atoms with Crippen LogP contribution in [0.25, 0.3) is 0 Å². The molecule has 0 spiro atoms. The summed E-state index contributed by atoms with van der Waals surface area (Å²) in [5.41, 5.74) is 2.26. The third kappa shape index (κ3) is 6.00. The smallest absolute Gasteiger partial charge is 0.256 e. The highest BCUT2D eigenvalue weighted by atomic mass is 35.5. The van der Waals surface area contributed by atoms with Crippen LogP contribution in [0.4, 0.5) is 5.69 Å². The number of halogens is 1. The molecule has 5 rings (SSSR count). The van der Waals surface area contributed by atoms with Gasteiger partial charge >= 0.3 is 0 Å². The van der Waals surface area contributed by atoms with Gasteiger partial charge in [0.25, 0.3) is 11.8 Å². The van der Waals surface area contributed by atoms with Gasteiger partial charge in [-0.1, -0.05) is 41.9 Å². The van der Waals surface area contributed by atoms with E-state index in [2.05, 4.69) is 11.8 Å². The number of anilines is 1. The van der Waals surface area contributed by atoms with E-state index in [1.54, 1.807) is 17.0 Å². The van der Waals surface area contributed by atoms with Crippen molar-refractivity contribution >= 4 is 29.1 Å². The van der Waals surface area contributed by atoms with Crippen LogP contribution >= 0.6 is 11.6 Å². The van der Waals surface area contributed by atoms with Gasteiger partial charge < -0.3 is 24.5 Å². The van der Waals surface area contributed by atoms with Gasteiger partial charge in [0.05, 0.1) is 22.8 Å². The summed E-state index contributed by atoms with van der Waals surface area (Å²) >= 11 is 6.57. The zero-order valence-corrected chi connectivity index (χ0v) is 22.9. The fraction of sp³-hybridized carbons (Fsp3) is 0.533. The van der Waals surface area contributed by atoms with Crippen LogP contribution in [-0.2, 0) is 9.53 Å². The van der Waals surface area contributed by atoms with Gasteiger partial charge in [0, 0.05) is 44.5 Å². The number of carbonyl (C=O) groups excluding carboxylic acids is 2. The number of likely N-dealkylation sites (tertiary alicyclic amines) is 2. The van der Waals surface area contributed by atoms with Crippen molar-refractivity contribution in [3.8, 4) is 0 Å². The van der Waals surface area contributed by atoms with Gasteiger partial charge in [-0.25, -0.2) is 0 Å². The molecule has 3 aliphatic rings. The van der Waals surface area contributed by atoms with Crippen LogP contribution in [0.3, 0.4) is 0 Å². The molecule has 3 aliphatic heterocycles. The second kappa shape index (κ2) is 12.1. The van der Waals surface area contributed by atoms with Crippen molar-refractivity contribution in [2.45, 2.75) is 69.8 Å². The van der Waals surface area contributed by atoms with E-state index in [0.29, 0.717) is 29.2 Å². The third-order valence-electron chi connectivity index (χ3n) is 8.29. The van der Waals surface area contributed by atoms with Crippen molar-refractivity contribution in [2.75, 3.05) is 37.6 Å². The Morgan fingerprint density at radius 2 is 1.58 bits per heavy atom. The number of ether oxygens (including phenoxy) is 1. The van der Waals surface area contributed by atoms with Gasteiger partial charge in [-0.15, -0.1) is 0 Å². The Hall–Kier alpha value is -2.61.